The van der Waals surface area contributed by atoms with Crippen molar-refractivity contribution < 1.29 is 10.2 Å². The largest absolute Gasteiger partial charge is 0.508 e. The molecule has 1 aromatic rings. The summed E-state index contributed by atoms with van der Waals surface area (Å²) in [6.45, 7) is 9.23. The van der Waals surface area contributed by atoms with E-state index in [9.17, 15) is 10.2 Å². The van der Waals surface area contributed by atoms with Crippen LogP contribution in [0.3, 0.4) is 0 Å². The topological polar surface area (TPSA) is 40.5 Å². The van der Waals surface area contributed by atoms with Gasteiger partial charge in [-0.1, -0.05) is 59.4 Å². The van der Waals surface area contributed by atoms with Crippen molar-refractivity contribution in [3.8, 4) is 11.5 Å². The Bertz CT molecular complexity index is 564. The van der Waals surface area contributed by atoms with Crippen molar-refractivity contribution in [3.05, 3.63) is 23.3 Å². The van der Waals surface area contributed by atoms with Crippen LogP contribution in [0.25, 0.3) is 0 Å². The minimum atomic E-state index is 0.253. The normalized spacial score (nSPS) is 16.0. The Morgan fingerprint density at radius 1 is 0.885 bits per heavy atom. The fourth-order valence-electron chi connectivity index (χ4n) is 3.76. The Kier molecular flexibility index (Phi) is 7.43. The summed E-state index contributed by atoms with van der Waals surface area (Å²) in [6.07, 6.45) is 14.1. The van der Waals surface area contributed by atoms with Crippen LogP contribution in [0.15, 0.2) is 12.1 Å². The van der Waals surface area contributed by atoms with E-state index in [0.717, 1.165) is 43.2 Å². The fraction of sp³-hybridized carbons (Fsp3) is 0.750. The van der Waals surface area contributed by atoms with Gasteiger partial charge in [-0.25, -0.2) is 0 Å². The summed E-state index contributed by atoms with van der Waals surface area (Å²) in [5.74, 6) is 0.596. The Hall–Kier alpha value is -1.18. The second kappa shape index (κ2) is 9.15. The van der Waals surface area contributed by atoms with Crippen LogP contribution in [0.1, 0.15) is 103 Å². The molecular formula is C24H40O2. The van der Waals surface area contributed by atoms with Gasteiger partial charge in [-0.05, 0) is 73.8 Å². The van der Waals surface area contributed by atoms with Gasteiger partial charge in [-0.15, -0.1) is 0 Å². The zero-order valence-electron chi connectivity index (χ0n) is 17.5. The van der Waals surface area contributed by atoms with Gasteiger partial charge in [0.15, 0.2) is 0 Å². The van der Waals surface area contributed by atoms with Crippen LogP contribution in [0.4, 0.5) is 0 Å². The van der Waals surface area contributed by atoms with Crippen molar-refractivity contribution in [2.45, 2.75) is 105 Å². The molecule has 0 bridgehead atoms. The summed E-state index contributed by atoms with van der Waals surface area (Å²) < 4.78 is 0. The first-order valence-corrected chi connectivity index (χ1v) is 10.7. The van der Waals surface area contributed by atoms with Crippen molar-refractivity contribution in [2.24, 2.45) is 10.8 Å². The van der Waals surface area contributed by atoms with E-state index in [-0.39, 0.29) is 5.75 Å². The van der Waals surface area contributed by atoms with E-state index < -0.39 is 0 Å². The Balaban J connectivity index is 1.75. The van der Waals surface area contributed by atoms with E-state index in [2.05, 4.69) is 27.7 Å². The first-order valence-electron chi connectivity index (χ1n) is 10.7. The van der Waals surface area contributed by atoms with Crippen LogP contribution >= 0.6 is 0 Å². The molecule has 1 aromatic carbocycles. The molecule has 0 unspecified atom stereocenters. The van der Waals surface area contributed by atoms with Gasteiger partial charge in [0.2, 0.25) is 0 Å². The standard InChI is InChI=1S/C24H40O2/c1-23(2,3)15-9-6-8-12-20-21(25)14-13-19(22(20)26)11-7-5-10-16-24(4)17-18-24/h13-14,25-26H,5-12,15-18H2,1-4H3. The predicted molar refractivity (Wildman–Crippen MR) is 111 cm³/mol. The van der Waals surface area contributed by atoms with Gasteiger partial charge in [0.25, 0.3) is 0 Å². The molecule has 1 saturated carbocycles. The molecule has 0 atom stereocenters. The molecule has 0 saturated heterocycles. The van der Waals surface area contributed by atoms with Gasteiger partial charge in [-0.3, -0.25) is 0 Å². The van der Waals surface area contributed by atoms with Crippen LogP contribution in [0, 0.1) is 10.8 Å². The lowest BCUT2D eigenvalue weighted by Crippen LogP contribution is -2.04. The summed E-state index contributed by atoms with van der Waals surface area (Å²) >= 11 is 0. The second-order valence-electron chi connectivity index (χ2n) is 10.1. The molecule has 1 aliphatic carbocycles. The minimum Gasteiger partial charge on any atom is -0.508 e. The first-order chi connectivity index (χ1) is 12.2. The molecule has 0 aliphatic heterocycles. The molecule has 0 aromatic heterocycles. The molecule has 0 heterocycles. The number of phenolic OH excluding ortho intramolecular Hbond substituents is 2. The van der Waals surface area contributed by atoms with Crippen molar-refractivity contribution in [3.63, 3.8) is 0 Å². The number of aryl methyl sites for hydroxylation is 1. The van der Waals surface area contributed by atoms with Crippen LogP contribution < -0.4 is 0 Å². The lowest BCUT2D eigenvalue weighted by molar-refractivity contribution is 0.357. The zero-order chi connectivity index (χ0) is 19.2. The lowest BCUT2D eigenvalue weighted by atomic mass is 9.89. The van der Waals surface area contributed by atoms with Crippen molar-refractivity contribution in [1.82, 2.24) is 0 Å². The molecule has 0 amide bonds. The Labute approximate surface area is 161 Å². The highest BCUT2D eigenvalue weighted by Gasteiger charge is 2.35. The maximum Gasteiger partial charge on any atom is 0.125 e. The molecule has 148 valence electrons. The molecular weight excluding hydrogens is 320 g/mol. The molecule has 26 heavy (non-hydrogen) atoms. The molecule has 2 rings (SSSR count). The highest BCUT2D eigenvalue weighted by Crippen LogP contribution is 2.49. The van der Waals surface area contributed by atoms with Crippen LogP contribution in [0.2, 0.25) is 0 Å². The number of unbranched alkanes of at least 4 members (excludes halogenated alkanes) is 4. The number of phenols is 2. The third-order valence-electron chi connectivity index (χ3n) is 6.03. The molecule has 1 aliphatic rings. The summed E-state index contributed by atoms with van der Waals surface area (Å²) in [4.78, 5) is 0. The van der Waals surface area contributed by atoms with E-state index in [1.807, 2.05) is 6.07 Å². The predicted octanol–water partition coefficient (Wildman–Crippen LogP) is 7.15. The highest BCUT2D eigenvalue weighted by atomic mass is 16.3. The van der Waals surface area contributed by atoms with Gasteiger partial charge in [0, 0.05) is 5.56 Å². The van der Waals surface area contributed by atoms with Crippen molar-refractivity contribution in [2.75, 3.05) is 0 Å². The summed E-state index contributed by atoms with van der Waals surface area (Å²) in [6, 6.07) is 3.67. The minimum absolute atomic E-state index is 0.253. The maximum absolute atomic E-state index is 10.6. The number of rotatable bonds is 11. The van der Waals surface area contributed by atoms with E-state index >= 15 is 0 Å². The monoisotopic (exact) mass is 360 g/mol. The fourth-order valence-corrected chi connectivity index (χ4v) is 3.76. The number of aromatic hydroxyl groups is 2. The average molecular weight is 361 g/mol. The van der Waals surface area contributed by atoms with Crippen molar-refractivity contribution >= 4 is 0 Å². The molecule has 1 fully saturated rings. The summed E-state index contributed by atoms with van der Waals surface area (Å²) in [5.41, 5.74) is 2.80. The van der Waals surface area contributed by atoms with E-state index in [1.165, 1.54) is 44.9 Å². The maximum atomic E-state index is 10.6. The van der Waals surface area contributed by atoms with Gasteiger partial charge in [-0.2, -0.15) is 0 Å². The van der Waals surface area contributed by atoms with Gasteiger partial charge < -0.3 is 10.2 Å². The van der Waals surface area contributed by atoms with Crippen LogP contribution in [-0.2, 0) is 12.8 Å². The summed E-state index contributed by atoms with van der Waals surface area (Å²) in [7, 11) is 0. The first kappa shape index (κ1) is 21.1. The number of hydrogen-bond donors (Lipinski definition) is 2. The van der Waals surface area contributed by atoms with E-state index in [1.54, 1.807) is 6.07 Å². The quantitative estimate of drug-likeness (QED) is 0.411. The smallest absolute Gasteiger partial charge is 0.125 e. The molecule has 0 spiro atoms. The van der Waals surface area contributed by atoms with Gasteiger partial charge in [0.05, 0.1) is 0 Å². The highest BCUT2D eigenvalue weighted by molar-refractivity contribution is 5.48. The molecule has 2 heteroatoms. The van der Waals surface area contributed by atoms with Gasteiger partial charge >= 0.3 is 0 Å². The SMILES string of the molecule is CC(C)(C)CCCCCc1c(O)ccc(CCCCCC2(C)CC2)c1O. The molecule has 0 radical (unpaired) electrons. The second-order valence-corrected chi connectivity index (χ2v) is 10.1. The van der Waals surface area contributed by atoms with E-state index in [0.29, 0.717) is 16.6 Å². The number of benzene rings is 1. The third kappa shape index (κ3) is 7.21. The molecule has 2 nitrogen and oxygen atoms in total. The van der Waals surface area contributed by atoms with E-state index in [4.69, 9.17) is 0 Å². The van der Waals surface area contributed by atoms with Crippen LogP contribution in [-0.4, -0.2) is 10.2 Å². The third-order valence-corrected chi connectivity index (χ3v) is 6.03. The average Bonchev–Trinajstić information content (AvgIpc) is 3.28. The van der Waals surface area contributed by atoms with Crippen molar-refractivity contribution in [1.29, 1.82) is 0 Å². The summed E-state index contributed by atoms with van der Waals surface area (Å²) in [5, 5.41) is 20.7. The Morgan fingerprint density at radius 2 is 1.54 bits per heavy atom. The Morgan fingerprint density at radius 3 is 2.19 bits per heavy atom. The van der Waals surface area contributed by atoms with Gasteiger partial charge in [0.1, 0.15) is 11.5 Å². The lowest BCUT2D eigenvalue weighted by Gasteiger charge is -2.17. The zero-order valence-corrected chi connectivity index (χ0v) is 17.5. The number of hydrogen-bond acceptors (Lipinski definition) is 2. The molecule has 2 N–H and O–H groups in total. The van der Waals surface area contributed by atoms with Crippen LogP contribution in [0.5, 0.6) is 11.5 Å².